The molecule has 0 aliphatic heterocycles. The standard InChI is InChI=1S/C10H15N3O3S/c1-7-4-5-8(10(11)14)6-9(7)12-17(15,16)13(2)3/h4-6,12H,1-3H3,(H2,11,14). The van der Waals surface area contributed by atoms with Crippen molar-refractivity contribution in [2.75, 3.05) is 18.8 Å². The largest absolute Gasteiger partial charge is 0.366 e. The Kier molecular flexibility index (Phi) is 3.74. The molecule has 1 aromatic carbocycles. The highest BCUT2D eigenvalue weighted by Crippen LogP contribution is 2.18. The molecule has 0 saturated carbocycles. The Labute approximate surface area is 101 Å². The van der Waals surface area contributed by atoms with Gasteiger partial charge in [-0.2, -0.15) is 12.7 Å². The number of hydrogen-bond donors (Lipinski definition) is 2. The average Bonchev–Trinajstić information content (AvgIpc) is 2.20. The van der Waals surface area contributed by atoms with Crippen LogP contribution in [0.15, 0.2) is 18.2 Å². The molecular formula is C10H15N3O3S. The number of benzene rings is 1. The van der Waals surface area contributed by atoms with E-state index in [-0.39, 0.29) is 5.56 Å². The van der Waals surface area contributed by atoms with E-state index in [1.165, 1.54) is 20.2 Å². The molecule has 0 spiro atoms. The van der Waals surface area contributed by atoms with Crippen LogP contribution in [0.1, 0.15) is 15.9 Å². The van der Waals surface area contributed by atoms with E-state index >= 15 is 0 Å². The lowest BCUT2D eigenvalue weighted by atomic mass is 10.1. The van der Waals surface area contributed by atoms with Crippen LogP contribution in [0.4, 0.5) is 5.69 Å². The van der Waals surface area contributed by atoms with Gasteiger partial charge in [-0.3, -0.25) is 9.52 Å². The highest BCUT2D eigenvalue weighted by atomic mass is 32.2. The molecule has 0 radical (unpaired) electrons. The first kappa shape index (κ1) is 13.5. The SMILES string of the molecule is Cc1ccc(C(N)=O)cc1NS(=O)(=O)N(C)C. The summed E-state index contributed by atoms with van der Waals surface area (Å²) in [5, 5.41) is 0. The summed E-state index contributed by atoms with van der Waals surface area (Å²) in [5.74, 6) is -0.602. The Morgan fingerprint density at radius 1 is 1.35 bits per heavy atom. The summed E-state index contributed by atoms with van der Waals surface area (Å²) in [6.07, 6.45) is 0. The van der Waals surface area contributed by atoms with Crippen molar-refractivity contribution >= 4 is 21.8 Å². The molecule has 0 aromatic heterocycles. The van der Waals surface area contributed by atoms with Crippen LogP contribution in [0.3, 0.4) is 0 Å². The average molecular weight is 257 g/mol. The number of nitrogens with zero attached hydrogens (tertiary/aromatic N) is 1. The molecule has 0 bridgehead atoms. The maximum Gasteiger partial charge on any atom is 0.301 e. The first-order chi connectivity index (χ1) is 7.74. The third kappa shape index (κ3) is 3.18. The van der Waals surface area contributed by atoms with Gasteiger partial charge in [0.05, 0.1) is 5.69 Å². The van der Waals surface area contributed by atoms with Crippen molar-refractivity contribution in [3.8, 4) is 0 Å². The van der Waals surface area contributed by atoms with Gasteiger partial charge in [-0.15, -0.1) is 0 Å². The predicted molar refractivity (Wildman–Crippen MR) is 65.9 cm³/mol. The first-order valence-corrected chi connectivity index (χ1v) is 6.29. The second-order valence-corrected chi connectivity index (χ2v) is 5.67. The number of aryl methyl sites for hydroxylation is 1. The Morgan fingerprint density at radius 2 is 1.94 bits per heavy atom. The van der Waals surface area contributed by atoms with Crippen LogP contribution in [0.25, 0.3) is 0 Å². The molecule has 17 heavy (non-hydrogen) atoms. The molecule has 6 nitrogen and oxygen atoms in total. The first-order valence-electron chi connectivity index (χ1n) is 4.85. The molecule has 7 heteroatoms. The normalized spacial score (nSPS) is 11.5. The summed E-state index contributed by atoms with van der Waals surface area (Å²) in [7, 11) is -0.760. The summed E-state index contributed by atoms with van der Waals surface area (Å²) in [6.45, 7) is 1.73. The summed E-state index contributed by atoms with van der Waals surface area (Å²) in [4.78, 5) is 11.0. The van der Waals surface area contributed by atoms with Gasteiger partial charge in [-0.1, -0.05) is 6.07 Å². The molecule has 0 aliphatic rings. The molecular weight excluding hydrogens is 242 g/mol. The molecule has 0 aliphatic carbocycles. The molecule has 1 aromatic rings. The Bertz CT molecular complexity index is 538. The number of nitrogens with one attached hydrogen (secondary N) is 1. The second kappa shape index (κ2) is 4.72. The van der Waals surface area contributed by atoms with Gasteiger partial charge in [0, 0.05) is 19.7 Å². The lowest BCUT2D eigenvalue weighted by Gasteiger charge is -2.15. The van der Waals surface area contributed by atoms with Gasteiger partial charge in [-0.05, 0) is 24.6 Å². The third-order valence-electron chi connectivity index (χ3n) is 2.24. The summed E-state index contributed by atoms with van der Waals surface area (Å²) >= 11 is 0. The molecule has 94 valence electrons. The number of anilines is 1. The van der Waals surface area contributed by atoms with Gasteiger partial charge in [0.2, 0.25) is 5.91 Å². The van der Waals surface area contributed by atoms with Crippen LogP contribution in [0.2, 0.25) is 0 Å². The number of hydrogen-bond acceptors (Lipinski definition) is 3. The van der Waals surface area contributed by atoms with Crippen molar-refractivity contribution in [1.29, 1.82) is 0 Å². The number of amides is 1. The lowest BCUT2D eigenvalue weighted by Crippen LogP contribution is -2.29. The van der Waals surface area contributed by atoms with E-state index in [1.54, 1.807) is 19.1 Å². The minimum absolute atomic E-state index is 0.257. The van der Waals surface area contributed by atoms with Gasteiger partial charge in [0.1, 0.15) is 0 Å². The summed E-state index contributed by atoms with van der Waals surface area (Å²) < 4.78 is 26.7. The van der Waals surface area contributed by atoms with E-state index in [4.69, 9.17) is 5.73 Å². The van der Waals surface area contributed by atoms with Crippen LogP contribution in [-0.2, 0) is 10.2 Å². The number of nitrogens with two attached hydrogens (primary N) is 1. The number of primary amides is 1. The van der Waals surface area contributed by atoms with Gasteiger partial charge in [0.15, 0.2) is 0 Å². The monoisotopic (exact) mass is 257 g/mol. The highest BCUT2D eigenvalue weighted by Gasteiger charge is 2.15. The smallest absolute Gasteiger partial charge is 0.301 e. The zero-order chi connectivity index (χ0) is 13.2. The van der Waals surface area contributed by atoms with Crippen molar-refractivity contribution in [1.82, 2.24) is 4.31 Å². The van der Waals surface area contributed by atoms with Crippen molar-refractivity contribution in [3.05, 3.63) is 29.3 Å². The zero-order valence-electron chi connectivity index (χ0n) is 9.89. The van der Waals surface area contributed by atoms with Crippen molar-refractivity contribution in [2.45, 2.75) is 6.92 Å². The van der Waals surface area contributed by atoms with Crippen LogP contribution in [0, 0.1) is 6.92 Å². The topological polar surface area (TPSA) is 92.5 Å². The molecule has 0 atom stereocenters. The Morgan fingerprint density at radius 3 is 2.41 bits per heavy atom. The Balaban J connectivity index is 3.15. The van der Waals surface area contributed by atoms with Crippen molar-refractivity contribution < 1.29 is 13.2 Å². The lowest BCUT2D eigenvalue weighted by molar-refractivity contribution is 0.100. The Hall–Kier alpha value is -1.60. The minimum atomic E-state index is -3.58. The fourth-order valence-electron chi connectivity index (χ4n) is 1.12. The fourth-order valence-corrected chi connectivity index (χ4v) is 1.80. The zero-order valence-corrected chi connectivity index (χ0v) is 10.7. The maximum atomic E-state index is 11.6. The van der Waals surface area contributed by atoms with Crippen molar-refractivity contribution in [2.24, 2.45) is 5.73 Å². The maximum absolute atomic E-state index is 11.6. The second-order valence-electron chi connectivity index (χ2n) is 3.78. The van der Waals surface area contributed by atoms with Crippen LogP contribution in [0.5, 0.6) is 0 Å². The van der Waals surface area contributed by atoms with Gasteiger partial charge in [0.25, 0.3) is 0 Å². The molecule has 1 amide bonds. The van der Waals surface area contributed by atoms with E-state index in [9.17, 15) is 13.2 Å². The van der Waals surface area contributed by atoms with E-state index in [0.717, 1.165) is 4.31 Å². The van der Waals surface area contributed by atoms with Crippen molar-refractivity contribution in [3.63, 3.8) is 0 Å². The van der Waals surface area contributed by atoms with Gasteiger partial charge >= 0.3 is 10.2 Å². The fraction of sp³-hybridized carbons (Fsp3) is 0.300. The van der Waals surface area contributed by atoms with Gasteiger partial charge in [-0.25, -0.2) is 0 Å². The molecule has 1 rings (SSSR count). The third-order valence-corrected chi connectivity index (χ3v) is 3.68. The summed E-state index contributed by atoms with van der Waals surface area (Å²) in [6, 6.07) is 4.59. The van der Waals surface area contributed by atoms with Gasteiger partial charge < -0.3 is 5.73 Å². The molecule has 0 unspecified atom stereocenters. The molecule has 3 N–H and O–H groups in total. The number of rotatable bonds is 4. The predicted octanol–water partition coefficient (Wildman–Crippen LogP) is 0.312. The molecule has 0 heterocycles. The summed E-state index contributed by atoms with van der Waals surface area (Å²) in [5.41, 5.74) is 6.44. The highest BCUT2D eigenvalue weighted by molar-refractivity contribution is 7.90. The van der Waals surface area contributed by atoms with Crippen LogP contribution in [-0.4, -0.2) is 32.7 Å². The molecule has 0 fully saturated rings. The van der Waals surface area contributed by atoms with Crippen LogP contribution < -0.4 is 10.5 Å². The van der Waals surface area contributed by atoms with E-state index in [2.05, 4.69) is 4.72 Å². The molecule has 0 saturated heterocycles. The number of carbonyl (C=O) groups excluding carboxylic acids is 1. The van der Waals surface area contributed by atoms with E-state index in [0.29, 0.717) is 11.3 Å². The van der Waals surface area contributed by atoms with E-state index < -0.39 is 16.1 Å². The van der Waals surface area contributed by atoms with E-state index in [1.807, 2.05) is 0 Å². The quantitative estimate of drug-likeness (QED) is 0.813. The number of carbonyl (C=O) groups is 1. The minimum Gasteiger partial charge on any atom is -0.366 e. The van der Waals surface area contributed by atoms with Crippen LogP contribution >= 0.6 is 0 Å².